The zero-order valence-corrected chi connectivity index (χ0v) is 17.3. The molecule has 3 aliphatic rings. The Morgan fingerprint density at radius 1 is 1.00 bits per heavy atom. The van der Waals surface area contributed by atoms with Crippen molar-refractivity contribution in [1.82, 2.24) is 15.1 Å². The lowest BCUT2D eigenvalue weighted by atomic mass is 9.94. The van der Waals surface area contributed by atoms with Crippen molar-refractivity contribution >= 4 is 27.9 Å². The summed E-state index contributed by atoms with van der Waals surface area (Å²) in [4.78, 5) is 29.5. The van der Waals surface area contributed by atoms with E-state index in [1.165, 1.54) is 19.3 Å². The molecular formula is C21H28BrN3O2. The third-order valence-electron chi connectivity index (χ3n) is 6.32. The van der Waals surface area contributed by atoms with Crippen LogP contribution in [-0.4, -0.2) is 54.0 Å². The van der Waals surface area contributed by atoms with Gasteiger partial charge in [-0.25, -0.2) is 4.79 Å². The quantitative estimate of drug-likeness (QED) is 0.790. The fraction of sp³-hybridized carbons (Fsp3) is 0.619. The van der Waals surface area contributed by atoms with Crippen molar-refractivity contribution in [3.63, 3.8) is 0 Å². The van der Waals surface area contributed by atoms with Gasteiger partial charge in [0, 0.05) is 36.7 Å². The largest absolute Gasteiger partial charge is 0.338 e. The Morgan fingerprint density at radius 3 is 2.30 bits per heavy atom. The first-order valence-corrected chi connectivity index (χ1v) is 11.0. The lowest BCUT2D eigenvalue weighted by molar-refractivity contribution is -0.135. The summed E-state index contributed by atoms with van der Waals surface area (Å²) in [6.07, 6.45) is 7.75. The number of rotatable bonds is 3. The second-order valence-corrected chi connectivity index (χ2v) is 9.07. The molecule has 0 bridgehead atoms. The monoisotopic (exact) mass is 433 g/mol. The van der Waals surface area contributed by atoms with E-state index in [1.807, 2.05) is 21.9 Å². The number of carbonyl (C=O) groups excluding carboxylic acids is 2. The highest BCUT2D eigenvalue weighted by molar-refractivity contribution is 9.10. The number of nitrogens with one attached hydrogen (secondary N) is 1. The Bertz CT molecular complexity index is 705. The average molecular weight is 434 g/mol. The number of hydrogen-bond donors (Lipinski definition) is 1. The highest BCUT2D eigenvalue weighted by Gasteiger charge is 2.53. The van der Waals surface area contributed by atoms with Gasteiger partial charge in [0.2, 0.25) is 5.91 Å². The number of piperazine rings is 1. The van der Waals surface area contributed by atoms with Crippen LogP contribution >= 0.6 is 15.9 Å². The summed E-state index contributed by atoms with van der Waals surface area (Å²) < 4.78 is 1.02. The first-order valence-electron chi connectivity index (χ1n) is 10.2. The van der Waals surface area contributed by atoms with Gasteiger partial charge in [0.15, 0.2) is 0 Å². The van der Waals surface area contributed by atoms with Crippen LogP contribution < -0.4 is 5.32 Å². The summed E-state index contributed by atoms with van der Waals surface area (Å²) in [5, 5.41) is 3.19. The van der Waals surface area contributed by atoms with E-state index in [0.29, 0.717) is 32.2 Å². The number of benzene rings is 1. The van der Waals surface area contributed by atoms with Gasteiger partial charge < -0.3 is 15.1 Å². The van der Waals surface area contributed by atoms with E-state index < -0.39 is 0 Å². The van der Waals surface area contributed by atoms with Gasteiger partial charge in [0.1, 0.15) is 0 Å². The van der Waals surface area contributed by atoms with Crippen LogP contribution in [0.1, 0.15) is 50.5 Å². The van der Waals surface area contributed by atoms with E-state index in [1.54, 1.807) is 0 Å². The number of hydrogen-bond acceptors (Lipinski definition) is 2. The molecule has 2 saturated carbocycles. The standard InChI is InChI=1S/C21H28BrN3O2/c22-17-6-4-5-16(15-17)21(9-10-21)19(26)24-11-13-25(14-12-24)20(27)23-18-7-2-1-3-8-18/h4-6,15,18H,1-3,7-14H2,(H,23,27). The Balaban J connectivity index is 1.32. The Kier molecular flexibility index (Phi) is 5.44. The smallest absolute Gasteiger partial charge is 0.317 e. The lowest BCUT2D eigenvalue weighted by Gasteiger charge is -2.37. The Hall–Kier alpha value is -1.56. The summed E-state index contributed by atoms with van der Waals surface area (Å²) in [7, 11) is 0. The van der Waals surface area contributed by atoms with E-state index in [-0.39, 0.29) is 17.4 Å². The molecule has 6 heteroatoms. The molecule has 27 heavy (non-hydrogen) atoms. The second-order valence-electron chi connectivity index (χ2n) is 8.16. The molecule has 1 aromatic rings. The third kappa shape index (κ3) is 4.00. The molecule has 1 aliphatic heterocycles. The van der Waals surface area contributed by atoms with Crippen molar-refractivity contribution < 1.29 is 9.59 Å². The van der Waals surface area contributed by atoms with Crippen LogP contribution in [0, 0.1) is 0 Å². The molecule has 5 nitrogen and oxygen atoms in total. The molecule has 3 fully saturated rings. The van der Waals surface area contributed by atoms with Crippen LogP contribution in [0.25, 0.3) is 0 Å². The number of carbonyl (C=O) groups is 2. The fourth-order valence-corrected chi connectivity index (χ4v) is 4.86. The maximum atomic E-state index is 13.2. The van der Waals surface area contributed by atoms with Crippen LogP contribution in [-0.2, 0) is 10.2 Å². The predicted octanol–water partition coefficient (Wildman–Crippen LogP) is 3.67. The number of urea groups is 1. The second kappa shape index (κ2) is 7.82. The summed E-state index contributed by atoms with van der Waals surface area (Å²) in [6.45, 7) is 2.51. The van der Waals surface area contributed by atoms with Crippen LogP contribution in [0.15, 0.2) is 28.7 Å². The first-order chi connectivity index (χ1) is 13.1. The maximum absolute atomic E-state index is 13.2. The lowest BCUT2D eigenvalue weighted by Crippen LogP contribution is -2.56. The van der Waals surface area contributed by atoms with E-state index in [0.717, 1.165) is 35.7 Å². The van der Waals surface area contributed by atoms with Gasteiger partial charge in [0.05, 0.1) is 5.41 Å². The molecule has 1 saturated heterocycles. The van der Waals surface area contributed by atoms with Gasteiger partial charge in [-0.3, -0.25) is 4.79 Å². The van der Waals surface area contributed by atoms with Gasteiger partial charge in [-0.1, -0.05) is 47.3 Å². The molecule has 0 radical (unpaired) electrons. The fourth-order valence-electron chi connectivity index (χ4n) is 4.47. The van der Waals surface area contributed by atoms with Crippen LogP contribution in [0.2, 0.25) is 0 Å². The van der Waals surface area contributed by atoms with Crippen molar-refractivity contribution in [2.24, 2.45) is 0 Å². The highest BCUT2D eigenvalue weighted by atomic mass is 79.9. The zero-order valence-electron chi connectivity index (χ0n) is 15.8. The topological polar surface area (TPSA) is 52.7 Å². The van der Waals surface area contributed by atoms with Crippen LogP contribution in [0.3, 0.4) is 0 Å². The summed E-state index contributed by atoms with van der Waals surface area (Å²) in [5.41, 5.74) is 0.774. The van der Waals surface area contributed by atoms with Crippen molar-refractivity contribution in [2.45, 2.75) is 56.4 Å². The van der Waals surface area contributed by atoms with Crippen molar-refractivity contribution in [2.75, 3.05) is 26.2 Å². The molecule has 3 amide bonds. The van der Waals surface area contributed by atoms with Crippen molar-refractivity contribution in [3.05, 3.63) is 34.3 Å². The molecule has 146 valence electrons. The van der Waals surface area contributed by atoms with Gasteiger partial charge in [-0.2, -0.15) is 0 Å². The molecule has 1 heterocycles. The number of amides is 3. The van der Waals surface area contributed by atoms with Gasteiger partial charge in [-0.05, 0) is 43.4 Å². The Labute approximate surface area is 169 Å². The summed E-state index contributed by atoms with van der Waals surface area (Å²) in [5.74, 6) is 0.230. The molecule has 4 rings (SSSR count). The van der Waals surface area contributed by atoms with E-state index >= 15 is 0 Å². The van der Waals surface area contributed by atoms with E-state index in [4.69, 9.17) is 0 Å². The van der Waals surface area contributed by atoms with E-state index in [9.17, 15) is 9.59 Å². The van der Waals surface area contributed by atoms with Crippen molar-refractivity contribution in [1.29, 1.82) is 0 Å². The Morgan fingerprint density at radius 2 is 1.67 bits per heavy atom. The van der Waals surface area contributed by atoms with E-state index in [2.05, 4.69) is 33.4 Å². The molecule has 1 aromatic carbocycles. The molecule has 0 aromatic heterocycles. The molecule has 0 unspecified atom stereocenters. The average Bonchev–Trinajstić information content (AvgIpc) is 3.50. The maximum Gasteiger partial charge on any atom is 0.317 e. The molecular weight excluding hydrogens is 406 g/mol. The van der Waals surface area contributed by atoms with Crippen LogP contribution in [0.4, 0.5) is 4.79 Å². The highest BCUT2D eigenvalue weighted by Crippen LogP contribution is 2.50. The SMILES string of the molecule is O=C(NC1CCCCC1)N1CCN(C(=O)C2(c3cccc(Br)c3)CC2)CC1. The molecule has 1 N–H and O–H groups in total. The van der Waals surface area contributed by atoms with Gasteiger partial charge >= 0.3 is 6.03 Å². The number of nitrogens with zero attached hydrogens (tertiary/aromatic N) is 2. The molecule has 0 spiro atoms. The third-order valence-corrected chi connectivity index (χ3v) is 6.82. The normalized spacial score (nSPS) is 22.4. The van der Waals surface area contributed by atoms with Crippen molar-refractivity contribution in [3.8, 4) is 0 Å². The van der Waals surface area contributed by atoms with Gasteiger partial charge in [-0.15, -0.1) is 0 Å². The summed E-state index contributed by atoms with van der Waals surface area (Å²) >= 11 is 3.52. The zero-order chi connectivity index (χ0) is 18.9. The van der Waals surface area contributed by atoms with Gasteiger partial charge in [0.25, 0.3) is 0 Å². The minimum atomic E-state index is -0.337. The summed E-state index contributed by atoms with van der Waals surface area (Å²) in [6, 6.07) is 8.50. The number of halogens is 1. The minimum absolute atomic E-state index is 0.0436. The molecule has 2 aliphatic carbocycles. The molecule has 0 atom stereocenters. The predicted molar refractivity (Wildman–Crippen MR) is 109 cm³/mol. The minimum Gasteiger partial charge on any atom is -0.338 e. The first kappa shape index (κ1) is 18.8. The van der Waals surface area contributed by atoms with Crippen LogP contribution in [0.5, 0.6) is 0 Å².